The smallest absolute Gasteiger partial charge is 0.334 e. The molecule has 15 heavy (non-hydrogen) atoms. The number of primary amides is 1. The van der Waals surface area contributed by atoms with E-state index in [-0.39, 0.29) is 0 Å². The van der Waals surface area contributed by atoms with E-state index in [1.54, 1.807) is 0 Å². The van der Waals surface area contributed by atoms with Gasteiger partial charge in [-0.25, -0.2) is 9.59 Å². The number of aliphatic hydroxyl groups is 1. The molecule has 1 unspecified atom stereocenters. The van der Waals surface area contributed by atoms with Gasteiger partial charge < -0.3 is 26.6 Å². The van der Waals surface area contributed by atoms with Crippen molar-refractivity contribution in [2.75, 3.05) is 6.54 Å². The molecule has 8 heteroatoms. The second kappa shape index (κ2) is 5.81. The number of aliphatic hydroxyl groups excluding tert-OH is 1. The molecule has 0 aromatic rings. The van der Waals surface area contributed by atoms with Gasteiger partial charge in [0.15, 0.2) is 6.10 Å². The molecular weight excluding hydrogens is 206 g/mol. The maximum Gasteiger partial charge on any atom is 0.334 e. The molecule has 3 amide bonds. The van der Waals surface area contributed by atoms with Crippen LogP contribution in [0.15, 0.2) is 0 Å². The van der Waals surface area contributed by atoms with Crippen molar-refractivity contribution >= 4 is 17.9 Å². The summed E-state index contributed by atoms with van der Waals surface area (Å²) in [6.45, 7) is 0.919. The topological polar surface area (TPSA) is 142 Å². The van der Waals surface area contributed by atoms with E-state index in [2.05, 4.69) is 10.6 Å². The van der Waals surface area contributed by atoms with E-state index in [4.69, 9.17) is 15.9 Å². The van der Waals surface area contributed by atoms with Crippen LogP contribution in [0.2, 0.25) is 0 Å². The molecule has 0 saturated heterocycles. The van der Waals surface area contributed by atoms with Gasteiger partial charge in [-0.3, -0.25) is 4.79 Å². The summed E-state index contributed by atoms with van der Waals surface area (Å²) in [4.78, 5) is 31.6. The number of amides is 3. The summed E-state index contributed by atoms with van der Waals surface area (Å²) in [5.74, 6) is -2.16. The van der Waals surface area contributed by atoms with Crippen LogP contribution in [0.1, 0.15) is 6.92 Å². The zero-order valence-corrected chi connectivity index (χ0v) is 8.06. The fraction of sp³-hybridized carbons (Fsp3) is 0.571. The molecule has 2 atom stereocenters. The number of carboxylic acids is 1. The number of aliphatic carboxylic acids is 1. The summed E-state index contributed by atoms with van der Waals surface area (Å²) in [6.07, 6.45) is -1.68. The highest BCUT2D eigenvalue weighted by Crippen LogP contribution is 1.82. The fourth-order valence-corrected chi connectivity index (χ4v) is 0.595. The van der Waals surface area contributed by atoms with Gasteiger partial charge in [0.2, 0.25) is 5.91 Å². The van der Waals surface area contributed by atoms with Crippen molar-refractivity contribution in [3.8, 4) is 0 Å². The Morgan fingerprint density at radius 3 is 2.33 bits per heavy atom. The highest BCUT2D eigenvalue weighted by molar-refractivity contribution is 5.85. The van der Waals surface area contributed by atoms with Crippen LogP contribution in [-0.2, 0) is 9.59 Å². The molecule has 0 rings (SSSR count). The first-order valence-corrected chi connectivity index (χ1v) is 4.09. The monoisotopic (exact) mass is 219 g/mol. The second-order valence-corrected chi connectivity index (χ2v) is 2.83. The summed E-state index contributed by atoms with van der Waals surface area (Å²) < 4.78 is 0. The number of nitrogens with two attached hydrogens (primary N) is 1. The Kier molecular flexibility index (Phi) is 5.10. The minimum absolute atomic E-state index is 0.452. The molecule has 0 aromatic heterocycles. The lowest BCUT2D eigenvalue weighted by atomic mass is 10.3. The van der Waals surface area contributed by atoms with Gasteiger partial charge >= 0.3 is 12.0 Å². The lowest BCUT2D eigenvalue weighted by Crippen LogP contribution is -2.49. The molecule has 0 saturated carbocycles. The summed E-state index contributed by atoms with van der Waals surface area (Å²) in [6, 6.07) is -1.64. The quantitative estimate of drug-likeness (QED) is 0.350. The molecule has 0 radical (unpaired) electrons. The number of urea groups is 1. The van der Waals surface area contributed by atoms with E-state index in [1.807, 2.05) is 0 Å². The first-order valence-electron chi connectivity index (χ1n) is 4.09. The third kappa shape index (κ3) is 5.47. The molecular formula is C7H13N3O5. The zero-order valence-electron chi connectivity index (χ0n) is 8.06. The van der Waals surface area contributed by atoms with Crippen LogP contribution in [0.3, 0.4) is 0 Å². The van der Waals surface area contributed by atoms with Gasteiger partial charge in [-0.2, -0.15) is 0 Å². The third-order valence-corrected chi connectivity index (χ3v) is 1.52. The zero-order chi connectivity index (χ0) is 12.0. The van der Waals surface area contributed by atoms with Crippen LogP contribution in [0, 0.1) is 0 Å². The van der Waals surface area contributed by atoms with Crippen molar-refractivity contribution < 1.29 is 24.6 Å². The SMILES string of the molecule is CC(NC(=O)NC[C@H](O)C(=O)O)C(N)=O. The van der Waals surface area contributed by atoms with Gasteiger partial charge in [0, 0.05) is 0 Å². The van der Waals surface area contributed by atoms with Gasteiger partial charge in [0.1, 0.15) is 6.04 Å². The van der Waals surface area contributed by atoms with Gasteiger partial charge in [-0.05, 0) is 6.92 Å². The Balaban J connectivity index is 3.85. The van der Waals surface area contributed by atoms with Crippen molar-refractivity contribution in [2.24, 2.45) is 5.73 Å². The van der Waals surface area contributed by atoms with Crippen LogP contribution in [0.4, 0.5) is 4.79 Å². The lowest BCUT2D eigenvalue weighted by Gasteiger charge is -2.12. The number of rotatable bonds is 5. The predicted octanol–water partition coefficient (Wildman–Crippen LogP) is -2.40. The van der Waals surface area contributed by atoms with E-state index in [1.165, 1.54) is 6.92 Å². The number of carbonyl (C=O) groups is 3. The minimum atomic E-state index is -1.68. The maximum absolute atomic E-state index is 11.0. The average molecular weight is 219 g/mol. The summed E-state index contributed by atoms with van der Waals surface area (Å²) in [5, 5.41) is 21.3. The molecule has 0 bridgehead atoms. The average Bonchev–Trinajstić information content (AvgIpc) is 2.13. The van der Waals surface area contributed by atoms with Crippen LogP contribution < -0.4 is 16.4 Å². The number of nitrogens with one attached hydrogen (secondary N) is 2. The molecule has 6 N–H and O–H groups in total. The van der Waals surface area contributed by atoms with E-state index in [0.29, 0.717) is 0 Å². The molecule has 0 spiro atoms. The van der Waals surface area contributed by atoms with Crippen molar-refractivity contribution in [2.45, 2.75) is 19.1 Å². The van der Waals surface area contributed by atoms with Crippen molar-refractivity contribution in [3.05, 3.63) is 0 Å². The Morgan fingerprint density at radius 1 is 1.40 bits per heavy atom. The molecule has 0 fully saturated rings. The normalized spacial score (nSPS) is 13.7. The maximum atomic E-state index is 11.0. The molecule has 0 aliphatic carbocycles. The summed E-state index contributed by atoms with van der Waals surface area (Å²) in [5.41, 5.74) is 4.86. The molecule has 0 heterocycles. The molecule has 0 aliphatic rings. The van der Waals surface area contributed by atoms with Crippen LogP contribution in [0.25, 0.3) is 0 Å². The van der Waals surface area contributed by atoms with E-state index >= 15 is 0 Å². The first kappa shape index (κ1) is 13.2. The van der Waals surface area contributed by atoms with Crippen LogP contribution in [-0.4, -0.2) is 46.8 Å². The summed E-state index contributed by atoms with van der Waals surface area (Å²) in [7, 11) is 0. The van der Waals surface area contributed by atoms with E-state index in [9.17, 15) is 14.4 Å². The van der Waals surface area contributed by atoms with Crippen molar-refractivity contribution in [1.29, 1.82) is 0 Å². The fourth-order valence-electron chi connectivity index (χ4n) is 0.595. The van der Waals surface area contributed by atoms with Gasteiger partial charge in [0.25, 0.3) is 0 Å². The first-order chi connectivity index (χ1) is 6.84. The van der Waals surface area contributed by atoms with E-state index in [0.717, 1.165) is 0 Å². The Labute approximate surface area is 85.4 Å². The Morgan fingerprint density at radius 2 is 1.93 bits per heavy atom. The third-order valence-electron chi connectivity index (χ3n) is 1.52. The van der Waals surface area contributed by atoms with Crippen molar-refractivity contribution in [3.63, 3.8) is 0 Å². The lowest BCUT2D eigenvalue weighted by molar-refractivity contribution is -0.146. The van der Waals surface area contributed by atoms with E-state index < -0.39 is 36.6 Å². The largest absolute Gasteiger partial charge is 0.479 e. The highest BCUT2D eigenvalue weighted by Gasteiger charge is 2.16. The van der Waals surface area contributed by atoms with Gasteiger partial charge in [-0.15, -0.1) is 0 Å². The van der Waals surface area contributed by atoms with Gasteiger partial charge in [-0.1, -0.05) is 0 Å². The van der Waals surface area contributed by atoms with Gasteiger partial charge in [0.05, 0.1) is 6.54 Å². The summed E-state index contributed by atoms with van der Waals surface area (Å²) >= 11 is 0. The van der Waals surface area contributed by atoms with Crippen molar-refractivity contribution in [1.82, 2.24) is 10.6 Å². The molecule has 0 aliphatic heterocycles. The number of hydrogen-bond acceptors (Lipinski definition) is 4. The number of carbonyl (C=O) groups excluding carboxylic acids is 2. The van der Waals surface area contributed by atoms with Crippen LogP contribution in [0.5, 0.6) is 0 Å². The standard InChI is InChI=1S/C7H13N3O5/c1-3(5(8)12)10-7(15)9-2-4(11)6(13)14/h3-4,11H,2H2,1H3,(H2,8,12)(H,13,14)(H2,9,10,15)/t3?,4-/m0/s1. The van der Waals surface area contributed by atoms with Crippen LogP contribution >= 0.6 is 0 Å². The molecule has 86 valence electrons. The predicted molar refractivity (Wildman–Crippen MR) is 48.8 cm³/mol. The Bertz CT molecular complexity index is 267. The molecule has 8 nitrogen and oxygen atoms in total. The number of hydrogen-bond donors (Lipinski definition) is 5. The highest BCUT2D eigenvalue weighted by atomic mass is 16.4. The molecule has 0 aromatic carbocycles. The number of carboxylic acid groups (broad SMARTS) is 1. The second-order valence-electron chi connectivity index (χ2n) is 2.83. The minimum Gasteiger partial charge on any atom is -0.479 e. The Hall–Kier alpha value is -1.83.